The van der Waals surface area contributed by atoms with Gasteiger partial charge in [-0.05, 0) is 37.4 Å². The fourth-order valence-corrected chi connectivity index (χ4v) is 3.25. The molecule has 0 radical (unpaired) electrons. The second kappa shape index (κ2) is 7.70. The van der Waals surface area contributed by atoms with Crippen LogP contribution in [0.15, 0.2) is 12.1 Å². The fourth-order valence-electron chi connectivity index (χ4n) is 3.25. The zero-order valence-electron chi connectivity index (χ0n) is 13.8. The second-order valence-electron chi connectivity index (χ2n) is 6.03. The van der Waals surface area contributed by atoms with Crippen LogP contribution < -0.4 is 15.2 Å². The van der Waals surface area contributed by atoms with Gasteiger partial charge in [-0.25, -0.2) is 0 Å². The minimum absolute atomic E-state index is 0.210. The molecule has 1 fully saturated rings. The highest BCUT2D eigenvalue weighted by Crippen LogP contribution is 2.33. The molecule has 1 aliphatic rings. The molecule has 0 spiro atoms. The number of rotatable bonds is 6. The van der Waals surface area contributed by atoms with E-state index in [4.69, 9.17) is 15.2 Å². The molecule has 1 heterocycles. The van der Waals surface area contributed by atoms with E-state index in [1.165, 1.54) is 0 Å². The number of nitrogens with two attached hydrogens (primary N) is 1. The third-order valence-corrected chi connectivity index (χ3v) is 4.43. The molecule has 2 rings (SSSR count). The molecule has 0 bridgehead atoms. The Balaban J connectivity index is 2.16. The van der Waals surface area contributed by atoms with Crippen molar-refractivity contribution in [2.24, 2.45) is 5.92 Å². The van der Waals surface area contributed by atoms with Crippen LogP contribution in [-0.4, -0.2) is 50.0 Å². The van der Waals surface area contributed by atoms with Crippen LogP contribution in [0.4, 0.5) is 5.69 Å². The van der Waals surface area contributed by atoms with E-state index in [1.807, 2.05) is 12.1 Å². The number of anilines is 1. The zero-order valence-corrected chi connectivity index (χ0v) is 13.8. The van der Waals surface area contributed by atoms with Crippen molar-refractivity contribution in [3.8, 4) is 11.5 Å². The Labute approximate surface area is 133 Å². The Bertz CT molecular complexity index is 493. The number of hydrogen-bond acceptors (Lipinski definition) is 5. The average Bonchev–Trinajstić information content (AvgIpc) is 2.51. The van der Waals surface area contributed by atoms with Gasteiger partial charge in [0.1, 0.15) is 11.5 Å². The van der Waals surface area contributed by atoms with Crippen LogP contribution in [0.5, 0.6) is 11.5 Å². The maximum Gasteiger partial charge on any atom is 0.145 e. The first-order valence-corrected chi connectivity index (χ1v) is 7.99. The molecule has 1 saturated heterocycles. The Hall–Kier alpha value is -1.46. The first-order valence-electron chi connectivity index (χ1n) is 7.99. The molecule has 0 aromatic heterocycles. The second-order valence-corrected chi connectivity index (χ2v) is 6.03. The van der Waals surface area contributed by atoms with Gasteiger partial charge in [-0.1, -0.05) is 6.92 Å². The molecule has 2 unspecified atom stereocenters. The van der Waals surface area contributed by atoms with Gasteiger partial charge in [0, 0.05) is 25.1 Å². The molecule has 22 heavy (non-hydrogen) atoms. The Morgan fingerprint density at radius 2 is 2.00 bits per heavy atom. The van der Waals surface area contributed by atoms with E-state index in [0.29, 0.717) is 11.4 Å². The van der Waals surface area contributed by atoms with Crippen molar-refractivity contribution in [1.82, 2.24) is 4.90 Å². The lowest BCUT2D eigenvalue weighted by atomic mass is 9.88. The van der Waals surface area contributed by atoms with Gasteiger partial charge in [0.25, 0.3) is 0 Å². The summed E-state index contributed by atoms with van der Waals surface area (Å²) in [6, 6.07) is 3.73. The molecule has 1 aromatic carbocycles. The molecule has 124 valence electrons. The van der Waals surface area contributed by atoms with E-state index in [1.54, 1.807) is 14.2 Å². The van der Waals surface area contributed by atoms with Crippen LogP contribution in [0.3, 0.4) is 0 Å². The molecule has 5 nitrogen and oxygen atoms in total. The molecule has 2 atom stereocenters. The van der Waals surface area contributed by atoms with Crippen molar-refractivity contribution in [3.63, 3.8) is 0 Å². The van der Waals surface area contributed by atoms with Crippen molar-refractivity contribution >= 4 is 5.69 Å². The smallest absolute Gasteiger partial charge is 0.145 e. The molecule has 1 aliphatic heterocycles. The average molecular weight is 308 g/mol. The van der Waals surface area contributed by atoms with Gasteiger partial charge in [0.05, 0.1) is 26.0 Å². The van der Waals surface area contributed by atoms with Crippen LogP contribution in [-0.2, 0) is 6.42 Å². The van der Waals surface area contributed by atoms with Gasteiger partial charge >= 0.3 is 0 Å². The van der Waals surface area contributed by atoms with Crippen LogP contribution >= 0.6 is 0 Å². The summed E-state index contributed by atoms with van der Waals surface area (Å²) >= 11 is 0. The molecule has 1 aromatic rings. The third kappa shape index (κ3) is 3.84. The van der Waals surface area contributed by atoms with Crippen molar-refractivity contribution in [2.45, 2.75) is 32.3 Å². The lowest BCUT2D eigenvalue weighted by molar-refractivity contribution is 0.0268. The van der Waals surface area contributed by atoms with Gasteiger partial charge in [-0.15, -0.1) is 0 Å². The number of likely N-dealkylation sites (tertiary alicyclic amines) is 1. The largest absolute Gasteiger partial charge is 0.496 e. The summed E-state index contributed by atoms with van der Waals surface area (Å²) < 4.78 is 10.7. The molecule has 3 N–H and O–H groups in total. The number of methoxy groups -OCH3 is 2. The standard InChI is InChI=1S/C17H28N2O3/c1-4-6-19-7-5-15(20)13(11-19)8-12-9-14(18)17(22-3)10-16(12)21-2/h9-10,13,15,20H,4-8,11,18H2,1-3H3. The van der Waals surface area contributed by atoms with Crippen molar-refractivity contribution in [1.29, 1.82) is 0 Å². The van der Waals surface area contributed by atoms with E-state index in [-0.39, 0.29) is 12.0 Å². The van der Waals surface area contributed by atoms with Crippen molar-refractivity contribution in [3.05, 3.63) is 17.7 Å². The summed E-state index contributed by atoms with van der Waals surface area (Å²) in [5, 5.41) is 10.3. The number of hydrogen-bond donors (Lipinski definition) is 2. The Kier molecular flexibility index (Phi) is 5.91. The SMILES string of the molecule is CCCN1CCC(O)C(Cc2cc(N)c(OC)cc2OC)C1. The summed E-state index contributed by atoms with van der Waals surface area (Å²) in [5.74, 6) is 1.60. The molecule has 0 amide bonds. The number of nitrogen functional groups attached to an aromatic ring is 1. The molecular formula is C17H28N2O3. The highest BCUT2D eigenvalue weighted by Gasteiger charge is 2.28. The topological polar surface area (TPSA) is 68.0 Å². The highest BCUT2D eigenvalue weighted by atomic mass is 16.5. The van der Waals surface area contributed by atoms with Gasteiger partial charge in [-0.3, -0.25) is 0 Å². The number of piperidine rings is 1. The lowest BCUT2D eigenvalue weighted by Gasteiger charge is -2.36. The first kappa shape index (κ1) is 16.9. The highest BCUT2D eigenvalue weighted by molar-refractivity contribution is 5.59. The number of ether oxygens (including phenoxy) is 2. The maximum absolute atomic E-state index is 10.3. The maximum atomic E-state index is 10.3. The van der Waals surface area contributed by atoms with E-state index in [0.717, 1.165) is 50.2 Å². The van der Waals surface area contributed by atoms with E-state index in [9.17, 15) is 5.11 Å². The fraction of sp³-hybridized carbons (Fsp3) is 0.647. The first-order chi connectivity index (χ1) is 10.6. The van der Waals surface area contributed by atoms with Crippen molar-refractivity contribution in [2.75, 3.05) is 39.6 Å². The van der Waals surface area contributed by atoms with Crippen molar-refractivity contribution < 1.29 is 14.6 Å². The van der Waals surface area contributed by atoms with Crippen LogP contribution in [0.1, 0.15) is 25.3 Å². The minimum Gasteiger partial charge on any atom is -0.496 e. The lowest BCUT2D eigenvalue weighted by Crippen LogP contribution is -2.44. The minimum atomic E-state index is -0.263. The Morgan fingerprint density at radius 3 is 2.64 bits per heavy atom. The summed E-state index contributed by atoms with van der Waals surface area (Å²) in [6.07, 6.45) is 2.47. The normalized spacial score (nSPS) is 22.5. The zero-order chi connectivity index (χ0) is 16.1. The third-order valence-electron chi connectivity index (χ3n) is 4.43. The molecule has 0 saturated carbocycles. The molecular weight excluding hydrogens is 280 g/mol. The number of aliphatic hydroxyl groups is 1. The van der Waals surface area contributed by atoms with E-state index in [2.05, 4.69) is 11.8 Å². The van der Waals surface area contributed by atoms with Gasteiger partial charge < -0.3 is 25.2 Å². The summed E-state index contributed by atoms with van der Waals surface area (Å²) in [6.45, 7) is 5.18. The van der Waals surface area contributed by atoms with Crippen LogP contribution in [0.25, 0.3) is 0 Å². The van der Waals surface area contributed by atoms with Crippen LogP contribution in [0, 0.1) is 5.92 Å². The van der Waals surface area contributed by atoms with Gasteiger partial charge in [0.2, 0.25) is 0 Å². The monoisotopic (exact) mass is 308 g/mol. The number of benzene rings is 1. The van der Waals surface area contributed by atoms with Gasteiger partial charge in [-0.2, -0.15) is 0 Å². The quantitative estimate of drug-likeness (QED) is 0.786. The summed E-state index contributed by atoms with van der Waals surface area (Å²) in [7, 11) is 3.24. The summed E-state index contributed by atoms with van der Waals surface area (Å²) in [5.41, 5.74) is 7.65. The predicted octanol–water partition coefficient (Wildman–Crippen LogP) is 1.92. The molecule has 0 aliphatic carbocycles. The van der Waals surface area contributed by atoms with Crippen LogP contribution in [0.2, 0.25) is 0 Å². The number of nitrogens with zero attached hydrogens (tertiary/aromatic N) is 1. The predicted molar refractivity (Wildman–Crippen MR) is 88.5 cm³/mol. The molecule has 5 heteroatoms. The Morgan fingerprint density at radius 1 is 1.27 bits per heavy atom. The summed E-state index contributed by atoms with van der Waals surface area (Å²) in [4.78, 5) is 2.43. The van der Waals surface area contributed by atoms with E-state index < -0.39 is 0 Å². The van der Waals surface area contributed by atoms with Gasteiger partial charge in [0.15, 0.2) is 0 Å². The number of aliphatic hydroxyl groups excluding tert-OH is 1. The van der Waals surface area contributed by atoms with E-state index >= 15 is 0 Å².